The van der Waals surface area contributed by atoms with Crippen molar-refractivity contribution < 1.29 is 18.7 Å². The van der Waals surface area contributed by atoms with Gasteiger partial charge in [0.1, 0.15) is 17.9 Å². The lowest BCUT2D eigenvalue weighted by molar-refractivity contribution is -0.000509. The van der Waals surface area contributed by atoms with Gasteiger partial charge in [0.25, 0.3) is 5.91 Å². The number of pyridine rings is 1. The summed E-state index contributed by atoms with van der Waals surface area (Å²) in [4.78, 5) is 30.2. The fourth-order valence-electron chi connectivity index (χ4n) is 3.91. The molecule has 0 saturated carbocycles. The SMILES string of the molecule is Cc1cnc(N2CC3(CCOCC3)C2)c(C(=O)Nc2ccc(C=O)cc2F)c1. The van der Waals surface area contributed by atoms with Crippen LogP contribution in [0, 0.1) is 18.2 Å². The second-order valence-corrected chi connectivity index (χ2v) is 7.66. The molecule has 0 unspecified atom stereocenters. The third kappa shape index (κ3) is 3.49. The lowest BCUT2D eigenvalue weighted by Gasteiger charge is -2.53. The molecule has 0 radical (unpaired) electrons. The standard InChI is InChI=1S/C21H22FN3O3/c1-14-8-16(20(27)24-18-3-2-15(11-26)9-17(18)22)19(23-10-14)25-12-21(13-25)4-6-28-7-5-21/h2-3,8-11H,4-7,12-13H2,1H3,(H,24,27). The predicted octanol–water partition coefficient (Wildman–Crippen LogP) is 3.21. The minimum absolute atomic E-state index is 0.0348. The van der Waals surface area contributed by atoms with Crippen molar-refractivity contribution in [1.29, 1.82) is 0 Å². The molecule has 1 spiro atoms. The number of rotatable bonds is 4. The molecule has 2 aromatic rings. The largest absolute Gasteiger partial charge is 0.381 e. The maximum Gasteiger partial charge on any atom is 0.259 e. The topological polar surface area (TPSA) is 71.5 Å². The number of anilines is 2. The van der Waals surface area contributed by atoms with Gasteiger partial charge in [-0.15, -0.1) is 0 Å². The summed E-state index contributed by atoms with van der Waals surface area (Å²) in [5.41, 5.74) is 1.77. The van der Waals surface area contributed by atoms with Crippen molar-refractivity contribution in [3.05, 3.63) is 53.0 Å². The first-order valence-corrected chi connectivity index (χ1v) is 9.35. The summed E-state index contributed by atoms with van der Waals surface area (Å²) in [6.45, 7) is 5.10. The second-order valence-electron chi connectivity index (χ2n) is 7.66. The molecule has 0 aliphatic carbocycles. The van der Waals surface area contributed by atoms with E-state index in [1.165, 1.54) is 12.1 Å². The Bertz CT molecular complexity index is 917. The number of nitrogens with one attached hydrogen (secondary N) is 1. The highest BCUT2D eigenvalue weighted by Gasteiger charge is 2.45. The van der Waals surface area contributed by atoms with Crippen molar-refractivity contribution in [1.82, 2.24) is 4.98 Å². The molecule has 0 atom stereocenters. The molecule has 28 heavy (non-hydrogen) atoms. The predicted molar refractivity (Wildman–Crippen MR) is 103 cm³/mol. The molecule has 0 bridgehead atoms. The molecule has 1 aromatic heterocycles. The van der Waals surface area contributed by atoms with E-state index in [-0.39, 0.29) is 16.7 Å². The average molecular weight is 383 g/mol. The maximum atomic E-state index is 14.2. The maximum absolute atomic E-state index is 14.2. The Kier molecular flexibility index (Phi) is 4.85. The zero-order chi connectivity index (χ0) is 19.7. The minimum Gasteiger partial charge on any atom is -0.381 e. The lowest BCUT2D eigenvalue weighted by atomic mass is 9.73. The number of benzene rings is 1. The molecule has 2 aliphatic heterocycles. The van der Waals surface area contributed by atoms with Gasteiger partial charge < -0.3 is 15.0 Å². The summed E-state index contributed by atoms with van der Waals surface area (Å²) in [6, 6.07) is 5.72. The van der Waals surface area contributed by atoms with Gasteiger partial charge >= 0.3 is 0 Å². The molecule has 1 amide bonds. The van der Waals surface area contributed by atoms with Crippen LogP contribution in [0.4, 0.5) is 15.9 Å². The first-order valence-electron chi connectivity index (χ1n) is 9.35. The highest BCUT2D eigenvalue weighted by Crippen LogP contribution is 2.42. The first kappa shape index (κ1) is 18.6. The molecule has 3 heterocycles. The summed E-state index contributed by atoms with van der Waals surface area (Å²) < 4.78 is 19.6. The van der Waals surface area contributed by atoms with Crippen LogP contribution in [-0.2, 0) is 4.74 Å². The summed E-state index contributed by atoms with van der Waals surface area (Å²) in [5.74, 6) is -0.452. The first-order chi connectivity index (χ1) is 13.5. The van der Waals surface area contributed by atoms with E-state index >= 15 is 0 Å². The van der Waals surface area contributed by atoms with Crippen molar-refractivity contribution in [2.45, 2.75) is 19.8 Å². The molecule has 1 aromatic carbocycles. The van der Waals surface area contributed by atoms with Crippen molar-refractivity contribution >= 4 is 23.7 Å². The van der Waals surface area contributed by atoms with Crippen LogP contribution in [0.3, 0.4) is 0 Å². The summed E-state index contributed by atoms with van der Waals surface area (Å²) >= 11 is 0. The van der Waals surface area contributed by atoms with Gasteiger partial charge in [-0.2, -0.15) is 0 Å². The van der Waals surface area contributed by atoms with Crippen LogP contribution in [0.15, 0.2) is 30.5 Å². The van der Waals surface area contributed by atoms with E-state index in [9.17, 15) is 14.0 Å². The van der Waals surface area contributed by atoms with Crippen LogP contribution in [-0.4, -0.2) is 43.5 Å². The van der Waals surface area contributed by atoms with Crippen molar-refractivity contribution in [2.75, 3.05) is 36.5 Å². The molecule has 7 heteroatoms. The van der Waals surface area contributed by atoms with Crippen LogP contribution >= 0.6 is 0 Å². The summed E-state index contributed by atoms with van der Waals surface area (Å²) in [7, 11) is 0. The Morgan fingerprint density at radius 3 is 2.71 bits per heavy atom. The van der Waals surface area contributed by atoms with E-state index in [1.807, 2.05) is 6.92 Å². The monoisotopic (exact) mass is 383 g/mol. The zero-order valence-corrected chi connectivity index (χ0v) is 15.7. The van der Waals surface area contributed by atoms with E-state index in [2.05, 4.69) is 15.2 Å². The van der Waals surface area contributed by atoms with Crippen molar-refractivity contribution in [3.63, 3.8) is 0 Å². The number of hydrogen-bond acceptors (Lipinski definition) is 5. The number of hydrogen-bond donors (Lipinski definition) is 1. The van der Waals surface area contributed by atoms with E-state index in [4.69, 9.17) is 4.74 Å². The third-order valence-corrected chi connectivity index (χ3v) is 5.53. The number of carbonyl (C=O) groups excluding carboxylic acids is 2. The number of aromatic nitrogens is 1. The van der Waals surface area contributed by atoms with Crippen LogP contribution in [0.1, 0.15) is 39.1 Å². The number of aryl methyl sites for hydroxylation is 1. The summed E-state index contributed by atoms with van der Waals surface area (Å²) in [5, 5.41) is 2.60. The van der Waals surface area contributed by atoms with Gasteiger partial charge in [-0.05, 0) is 49.6 Å². The summed E-state index contributed by atoms with van der Waals surface area (Å²) in [6.07, 6.45) is 4.34. The van der Waals surface area contributed by atoms with E-state index < -0.39 is 11.7 Å². The normalized spacial score (nSPS) is 17.9. The third-order valence-electron chi connectivity index (χ3n) is 5.53. The van der Waals surface area contributed by atoms with Gasteiger partial charge in [0.05, 0.1) is 11.3 Å². The highest BCUT2D eigenvalue weighted by atomic mass is 19.1. The molecule has 146 valence electrons. The number of amides is 1. The number of halogens is 1. The Labute approximate surface area is 162 Å². The molecule has 2 fully saturated rings. The van der Waals surface area contributed by atoms with E-state index in [1.54, 1.807) is 12.3 Å². The Morgan fingerprint density at radius 2 is 2.04 bits per heavy atom. The van der Waals surface area contributed by atoms with E-state index in [0.29, 0.717) is 17.7 Å². The number of aldehydes is 1. The Hall–Kier alpha value is -2.80. The van der Waals surface area contributed by atoms with Crippen molar-refractivity contribution in [3.8, 4) is 0 Å². The van der Waals surface area contributed by atoms with Crippen LogP contribution in [0.5, 0.6) is 0 Å². The van der Waals surface area contributed by atoms with Crippen LogP contribution < -0.4 is 10.2 Å². The van der Waals surface area contributed by atoms with Gasteiger partial charge in [-0.3, -0.25) is 9.59 Å². The Morgan fingerprint density at radius 1 is 1.29 bits per heavy atom. The van der Waals surface area contributed by atoms with E-state index in [0.717, 1.165) is 50.8 Å². The van der Waals surface area contributed by atoms with Gasteiger partial charge in [0.2, 0.25) is 0 Å². The highest BCUT2D eigenvalue weighted by molar-refractivity contribution is 6.08. The molecule has 1 N–H and O–H groups in total. The van der Waals surface area contributed by atoms with Gasteiger partial charge in [-0.25, -0.2) is 9.37 Å². The molecular formula is C21H22FN3O3. The smallest absolute Gasteiger partial charge is 0.259 e. The number of nitrogens with zero attached hydrogens (tertiary/aromatic N) is 2. The number of ether oxygens (including phenoxy) is 1. The second kappa shape index (κ2) is 7.31. The molecule has 4 rings (SSSR count). The van der Waals surface area contributed by atoms with Crippen LogP contribution in [0.25, 0.3) is 0 Å². The molecule has 6 nitrogen and oxygen atoms in total. The molecule has 2 aliphatic rings. The fraction of sp³-hybridized carbons (Fsp3) is 0.381. The minimum atomic E-state index is -0.648. The quantitative estimate of drug-likeness (QED) is 0.821. The number of carbonyl (C=O) groups is 2. The lowest BCUT2D eigenvalue weighted by Crippen LogP contribution is -2.59. The average Bonchev–Trinajstić information content (AvgIpc) is 2.68. The van der Waals surface area contributed by atoms with Crippen LogP contribution in [0.2, 0.25) is 0 Å². The van der Waals surface area contributed by atoms with Crippen molar-refractivity contribution in [2.24, 2.45) is 5.41 Å². The zero-order valence-electron chi connectivity index (χ0n) is 15.7. The fourth-order valence-corrected chi connectivity index (χ4v) is 3.91. The molecular weight excluding hydrogens is 361 g/mol. The van der Waals surface area contributed by atoms with Gasteiger partial charge in [-0.1, -0.05) is 0 Å². The van der Waals surface area contributed by atoms with Gasteiger partial charge in [0, 0.05) is 43.5 Å². The Balaban J connectivity index is 1.55. The molecule has 2 saturated heterocycles. The van der Waals surface area contributed by atoms with Gasteiger partial charge in [0.15, 0.2) is 0 Å².